The molecule has 0 saturated carbocycles. The highest BCUT2D eigenvalue weighted by Gasteiger charge is 2.19. The zero-order valence-electron chi connectivity index (χ0n) is 25.4. The SMILES string of the molecule is c1ccc2cc3c(cc2c1)oc1cc(-c2ccc4ccc5cccc6ccc2c4c56)cc(-c2ccc4c(ccc5ccccc54)c2)c13. The Bertz CT molecular complexity index is 3050. The van der Waals surface area contributed by atoms with Crippen molar-refractivity contribution in [3.05, 3.63) is 158 Å². The van der Waals surface area contributed by atoms with Gasteiger partial charge in [0, 0.05) is 10.8 Å². The average molecular weight is 595 g/mol. The van der Waals surface area contributed by atoms with Gasteiger partial charge in [-0.05, 0) is 117 Å². The molecule has 0 amide bonds. The zero-order chi connectivity index (χ0) is 30.6. The van der Waals surface area contributed by atoms with E-state index < -0.39 is 0 Å². The van der Waals surface area contributed by atoms with Crippen molar-refractivity contribution in [2.75, 3.05) is 0 Å². The van der Waals surface area contributed by atoms with Crippen molar-refractivity contribution in [1.82, 2.24) is 0 Å². The van der Waals surface area contributed by atoms with Crippen LogP contribution in [-0.2, 0) is 0 Å². The maximum atomic E-state index is 6.76. The Hall–Kier alpha value is -6.18. The molecule has 47 heavy (non-hydrogen) atoms. The van der Waals surface area contributed by atoms with E-state index >= 15 is 0 Å². The largest absolute Gasteiger partial charge is 0.456 e. The van der Waals surface area contributed by atoms with Crippen LogP contribution in [0.2, 0.25) is 0 Å². The fourth-order valence-electron chi connectivity index (χ4n) is 8.14. The van der Waals surface area contributed by atoms with Gasteiger partial charge in [-0.25, -0.2) is 0 Å². The summed E-state index contributed by atoms with van der Waals surface area (Å²) in [5.41, 5.74) is 6.58. The summed E-state index contributed by atoms with van der Waals surface area (Å²) in [5, 5.41) is 17.5. The fourth-order valence-corrected chi connectivity index (χ4v) is 8.14. The van der Waals surface area contributed by atoms with Crippen molar-refractivity contribution in [2.45, 2.75) is 0 Å². The molecule has 0 aliphatic heterocycles. The summed E-state index contributed by atoms with van der Waals surface area (Å²) in [7, 11) is 0. The quantitative estimate of drug-likeness (QED) is 0.182. The molecule has 1 nitrogen and oxygen atoms in total. The van der Waals surface area contributed by atoms with Gasteiger partial charge in [0.1, 0.15) is 11.2 Å². The van der Waals surface area contributed by atoms with Gasteiger partial charge in [0.15, 0.2) is 0 Å². The maximum Gasteiger partial charge on any atom is 0.136 e. The molecule has 0 aliphatic carbocycles. The Balaban J connectivity index is 1.24. The highest BCUT2D eigenvalue weighted by Crippen LogP contribution is 2.45. The van der Waals surface area contributed by atoms with E-state index in [4.69, 9.17) is 4.42 Å². The maximum absolute atomic E-state index is 6.76. The molecule has 0 spiro atoms. The van der Waals surface area contributed by atoms with Gasteiger partial charge in [-0.1, -0.05) is 127 Å². The third kappa shape index (κ3) is 3.54. The van der Waals surface area contributed by atoms with Crippen LogP contribution in [0.1, 0.15) is 0 Å². The summed E-state index contributed by atoms with van der Waals surface area (Å²) >= 11 is 0. The predicted octanol–water partition coefficient (Wildman–Crippen LogP) is 13.3. The van der Waals surface area contributed by atoms with Gasteiger partial charge < -0.3 is 4.42 Å². The van der Waals surface area contributed by atoms with Gasteiger partial charge in [0.25, 0.3) is 0 Å². The van der Waals surface area contributed by atoms with Gasteiger partial charge >= 0.3 is 0 Å². The molecule has 0 atom stereocenters. The minimum absolute atomic E-state index is 0.909. The molecule has 0 fully saturated rings. The summed E-state index contributed by atoms with van der Waals surface area (Å²) in [6.45, 7) is 0. The van der Waals surface area contributed by atoms with Gasteiger partial charge in [0.05, 0.1) is 0 Å². The second-order valence-corrected chi connectivity index (χ2v) is 12.9. The summed E-state index contributed by atoms with van der Waals surface area (Å²) < 4.78 is 6.76. The molecular weight excluding hydrogens is 569 g/mol. The first-order valence-corrected chi connectivity index (χ1v) is 16.2. The van der Waals surface area contributed by atoms with E-state index in [1.807, 2.05) is 0 Å². The fraction of sp³-hybridized carbons (Fsp3) is 0. The first-order valence-electron chi connectivity index (χ1n) is 16.2. The second-order valence-electron chi connectivity index (χ2n) is 12.9. The van der Waals surface area contributed by atoms with Crippen molar-refractivity contribution in [3.8, 4) is 22.3 Å². The van der Waals surface area contributed by atoms with Crippen LogP contribution in [0.4, 0.5) is 0 Å². The predicted molar refractivity (Wildman–Crippen MR) is 201 cm³/mol. The molecule has 0 saturated heterocycles. The highest BCUT2D eigenvalue weighted by atomic mass is 16.3. The molecule has 10 aromatic carbocycles. The Kier molecular flexibility index (Phi) is 4.90. The molecular formula is C46H26O. The average Bonchev–Trinajstić information content (AvgIpc) is 3.49. The standard InChI is InChI=1S/C46H26O/c1-2-8-32-25-42-41(23-31(32)7-1)46-40(34-18-20-37-33(22-34)15-12-27-6-3-4-11-36(27)37)24-35(26-43(46)47-42)38-19-16-30-14-13-28-9-5-10-29-17-21-39(38)45(30)44(28)29/h1-26H. The molecule has 1 aromatic heterocycles. The van der Waals surface area contributed by atoms with Crippen LogP contribution < -0.4 is 0 Å². The Morgan fingerprint density at radius 3 is 1.79 bits per heavy atom. The van der Waals surface area contributed by atoms with Crippen molar-refractivity contribution in [3.63, 3.8) is 0 Å². The molecule has 0 N–H and O–H groups in total. The molecule has 0 aliphatic rings. The minimum Gasteiger partial charge on any atom is -0.456 e. The molecule has 1 heterocycles. The number of benzene rings is 10. The monoisotopic (exact) mass is 594 g/mol. The van der Waals surface area contributed by atoms with E-state index in [9.17, 15) is 0 Å². The van der Waals surface area contributed by atoms with Crippen LogP contribution in [0, 0.1) is 0 Å². The number of hydrogen-bond donors (Lipinski definition) is 0. The molecule has 1 heteroatoms. The molecule has 216 valence electrons. The van der Waals surface area contributed by atoms with Crippen molar-refractivity contribution < 1.29 is 4.42 Å². The molecule has 0 unspecified atom stereocenters. The third-order valence-corrected chi connectivity index (χ3v) is 10.3. The lowest BCUT2D eigenvalue weighted by atomic mass is 9.88. The van der Waals surface area contributed by atoms with Crippen LogP contribution in [-0.4, -0.2) is 0 Å². The van der Waals surface area contributed by atoms with Crippen molar-refractivity contribution in [1.29, 1.82) is 0 Å². The summed E-state index contributed by atoms with van der Waals surface area (Å²) in [6, 6.07) is 58.0. The molecule has 0 radical (unpaired) electrons. The molecule has 0 bridgehead atoms. The molecule has 11 aromatic rings. The summed E-state index contributed by atoms with van der Waals surface area (Å²) in [5.74, 6) is 0. The van der Waals surface area contributed by atoms with Crippen LogP contribution in [0.3, 0.4) is 0 Å². The Morgan fingerprint density at radius 1 is 0.277 bits per heavy atom. The number of furan rings is 1. The van der Waals surface area contributed by atoms with Crippen LogP contribution in [0.15, 0.2) is 162 Å². The lowest BCUT2D eigenvalue weighted by Gasteiger charge is -2.15. The van der Waals surface area contributed by atoms with E-state index in [2.05, 4.69) is 158 Å². The zero-order valence-corrected chi connectivity index (χ0v) is 25.4. The second kappa shape index (κ2) is 9.19. The summed E-state index contributed by atoms with van der Waals surface area (Å²) in [4.78, 5) is 0. The highest BCUT2D eigenvalue weighted by molar-refractivity contribution is 6.26. The minimum atomic E-state index is 0.909. The van der Waals surface area contributed by atoms with Crippen LogP contribution in [0.25, 0.3) is 109 Å². The van der Waals surface area contributed by atoms with Gasteiger partial charge in [-0.3, -0.25) is 0 Å². The lowest BCUT2D eigenvalue weighted by Crippen LogP contribution is -1.89. The Morgan fingerprint density at radius 2 is 0.915 bits per heavy atom. The van der Waals surface area contributed by atoms with E-state index in [0.717, 1.165) is 27.5 Å². The third-order valence-electron chi connectivity index (χ3n) is 10.3. The summed E-state index contributed by atoms with van der Waals surface area (Å²) in [6.07, 6.45) is 0. The van der Waals surface area contributed by atoms with E-state index in [1.165, 1.54) is 81.3 Å². The van der Waals surface area contributed by atoms with Crippen molar-refractivity contribution in [2.24, 2.45) is 0 Å². The first-order chi connectivity index (χ1) is 23.3. The van der Waals surface area contributed by atoms with Gasteiger partial charge in [-0.15, -0.1) is 0 Å². The van der Waals surface area contributed by atoms with Gasteiger partial charge in [-0.2, -0.15) is 0 Å². The molecule has 11 rings (SSSR count). The first kappa shape index (κ1) is 25.1. The van der Waals surface area contributed by atoms with E-state index in [1.54, 1.807) is 0 Å². The number of rotatable bonds is 2. The van der Waals surface area contributed by atoms with E-state index in [0.29, 0.717) is 0 Å². The topological polar surface area (TPSA) is 13.1 Å². The number of hydrogen-bond acceptors (Lipinski definition) is 1. The smallest absolute Gasteiger partial charge is 0.136 e. The van der Waals surface area contributed by atoms with Crippen LogP contribution in [0.5, 0.6) is 0 Å². The van der Waals surface area contributed by atoms with Crippen molar-refractivity contribution >= 4 is 86.6 Å². The number of fused-ring (bicyclic) bond motifs is 7. The Labute approximate surface area is 270 Å². The normalized spacial score (nSPS) is 12.3. The van der Waals surface area contributed by atoms with E-state index in [-0.39, 0.29) is 0 Å². The van der Waals surface area contributed by atoms with Gasteiger partial charge in [0.2, 0.25) is 0 Å². The lowest BCUT2D eigenvalue weighted by molar-refractivity contribution is 0.669. The van der Waals surface area contributed by atoms with Crippen LogP contribution >= 0.6 is 0 Å².